The number of rotatable bonds is 5. The summed E-state index contributed by atoms with van der Waals surface area (Å²) in [4.78, 5) is 2.27. The van der Waals surface area contributed by atoms with E-state index in [0.29, 0.717) is 18.9 Å². The van der Waals surface area contributed by atoms with Crippen molar-refractivity contribution in [3.05, 3.63) is 30.1 Å². The molecule has 1 aromatic carbocycles. The maximum absolute atomic E-state index is 12.7. The van der Waals surface area contributed by atoms with Crippen molar-refractivity contribution in [2.75, 3.05) is 39.5 Å². The molecule has 1 fully saturated rings. The normalized spacial score (nSPS) is 18.6. The van der Waals surface area contributed by atoms with E-state index in [1.54, 1.807) is 12.1 Å². The zero-order valence-electron chi connectivity index (χ0n) is 10.3. The van der Waals surface area contributed by atoms with Gasteiger partial charge in [0.15, 0.2) is 0 Å². The Labute approximate surface area is 106 Å². The van der Waals surface area contributed by atoms with Crippen LogP contribution < -0.4 is 10.5 Å². The monoisotopic (exact) mass is 254 g/mol. The average molecular weight is 254 g/mol. The molecule has 18 heavy (non-hydrogen) atoms. The number of hydrogen-bond donors (Lipinski definition) is 1. The fourth-order valence-corrected chi connectivity index (χ4v) is 1.99. The second-order valence-electron chi connectivity index (χ2n) is 4.30. The predicted octanol–water partition coefficient (Wildman–Crippen LogP) is 0.864. The molecule has 1 unspecified atom stereocenters. The third-order valence-corrected chi connectivity index (χ3v) is 3.09. The van der Waals surface area contributed by atoms with Crippen LogP contribution in [0.2, 0.25) is 0 Å². The molecule has 0 bridgehead atoms. The van der Waals surface area contributed by atoms with E-state index in [1.165, 1.54) is 12.1 Å². The highest BCUT2D eigenvalue weighted by Gasteiger charge is 2.20. The molecule has 0 saturated carbocycles. The zero-order valence-corrected chi connectivity index (χ0v) is 10.3. The first-order valence-corrected chi connectivity index (χ1v) is 6.20. The second kappa shape index (κ2) is 6.68. The lowest BCUT2D eigenvalue weighted by atomic mass is 10.2. The molecule has 1 atom stereocenters. The third kappa shape index (κ3) is 3.66. The van der Waals surface area contributed by atoms with Crippen LogP contribution in [0.1, 0.15) is 0 Å². The van der Waals surface area contributed by atoms with Gasteiger partial charge in [-0.2, -0.15) is 0 Å². The van der Waals surface area contributed by atoms with Crippen molar-refractivity contribution in [2.45, 2.75) is 6.04 Å². The molecule has 5 heteroatoms. The molecule has 0 aliphatic carbocycles. The van der Waals surface area contributed by atoms with E-state index >= 15 is 0 Å². The first-order valence-electron chi connectivity index (χ1n) is 6.20. The molecule has 2 rings (SSSR count). The molecule has 0 amide bonds. The number of halogens is 1. The molecule has 0 aromatic heterocycles. The van der Waals surface area contributed by atoms with Gasteiger partial charge in [-0.25, -0.2) is 4.39 Å². The second-order valence-corrected chi connectivity index (χ2v) is 4.30. The lowest BCUT2D eigenvalue weighted by molar-refractivity contribution is 0.00823. The number of morpholine rings is 1. The topological polar surface area (TPSA) is 47.7 Å². The fourth-order valence-electron chi connectivity index (χ4n) is 1.99. The maximum atomic E-state index is 12.7. The Morgan fingerprint density at radius 3 is 2.56 bits per heavy atom. The van der Waals surface area contributed by atoms with E-state index in [-0.39, 0.29) is 11.9 Å². The van der Waals surface area contributed by atoms with Crippen LogP contribution in [0.25, 0.3) is 0 Å². The summed E-state index contributed by atoms with van der Waals surface area (Å²) in [5, 5.41) is 0. The summed E-state index contributed by atoms with van der Waals surface area (Å²) < 4.78 is 23.7. The first kappa shape index (κ1) is 13.3. The molecule has 1 aliphatic rings. The summed E-state index contributed by atoms with van der Waals surface area (Å²) >= 11 is 0. The number of benzene rings is 1. The van der Waals surface area contributed by atoms with E-state index in [1.807, 2.05) is 0 Å². The fraction of sp³-hybridized carbons (Fsp3) is 0.538. The third-order valence-electron chi connectivity index (χ3n) is 3.09. The summed E-state index contributed by atoms with van der Waals surface area (Å²) in [5.74, 6) is 0.411. The van der Waals surface area contributed by atoms with Crippen LogP contribution in [-0.2, 0) is 4.74 Å². The van der Waals surface area contributed by atoms with E-state index in [4.69, 9.17) is 15.2 Å². The van der Waals surface area contributed by atoms with Crippen molar-refractivity contribution < 1.29 is 13.9 Å². The molecule has 2 N–H and O–H groups in total. The summed E-state index contributed by atoms with van der Waals surface area (Å²) in [7, 11) is 0. The van der Waals surface area contributed by atoms with Crippen LogP contribution in [0.15, 0.2) is 24.3 Å². The van der Waals surface area contributed by atoms with Crippen LogP contribution in [0.4, 0.5) is 4.39 Å². The summed E-state index contributed by atoms with van der Waals surface area (Å²) in [5.41, 5.74) is 5.77. The minimum Gasteiger partial charge on any atom is -0.492 e. The van der Waals surface area contributed by atoms with Crippen molar-refractivity contribution >= 4 is 0 Å². The van der Waals surface area contributed by atoms with Crippen molar-refractivity contribution in [3.63, 3.8) is 0 Å². The molecular weight excluding hydrogens is 235 g/mol. The van der Waals surface area contributed by atoms with Crippen LogP contribution in [0.3, 0.4) is 0 Å². The minimum atomic E-state index is -0.258. The van der Waals surface area contributed by atoms with Gasteiger partial charge in [0, 0.05) is 19.6 Å². The molecule has 1 aromatic rings. The molecule has 0 spiro atoms. The highest BCUT2D eigenvalue weighted by atomic mass is 19.1. The van der Waals surface area contributed by atoms with E-state index in [9.17, 15) is 4.39 Å². The molecular formula is C13H19FN2O2. The Hall–Kier alpha value is -1.17. The van der Waals surface area contributed by atoms with Gasteiger partial charge in [0.1, 0.15) is 18.2 Å². The van der Waals surface area contributed by atoms with Gasteiger partial charge >= 0.3 is 0 Å². The first-order chi connectivity index (χ1) is 8.79. The molecule has 1 saturated heterocycles. The van der Waals surface area contributed by atoms with Gasteiger partial charge in [-0.3, -0.25) is 4.90 Å². The number of nitrogens with two attached hydrogens (primary N) is 1. The van der Waals surface area contributed by atoms with Crippen LogP contribution in [0, 0.1) is 5.82 Å². The minimum absolute atomic E-state index is 0.180. The van der Waals surface area contributed by atoms with Gasteiger partial charge in [-0.05, 0) is 24.3 Å². The quantitative estimate of drug-likeness (QED) is 0.847. The molecule has 100 valence electrons. The summed E-state index contributed by atoms with van der Waals surface area (Å²) in [6, 6.07) is 6.21. The van der Waals surface area contributed by atoms with E-state index in [0.717, 1.165) is 26.3 Å². The smallest absolute Gasteiger partial charge is 0.123 e. The molecule has 1 aliphatic heterocycles. The molecule has 4 nitrogen and oxygen atoms in total. The van der Waals surface area contributed by atoms with Crippen molar-refractivity contribution in [1.82, 2.24) is 4.90 Å². The van der Waals surface area contributed by atoms with Gasteiger partial charge in [-0.1, -0.05) is 0 Å². The van der Waals surface area contributed by atoms with Crippen molar-refractivity contribution in [3.8, 4) is 5.75 Å². The maximum Gasteiger partial charge on any atom is 0.123 e. The van der Waals surface area contributed by atoms with E-state index < -0.39 is 0 Å². The lowest BCUT2D eigenvalue weighted by Gasteiger charge is -2.33. The Bertz CT molecular complexity index is 353. The number of nitrogens with zero attached hydrogens (tertiary/aromatic N) is 1. The Kier molecular flexibility index (Phi) is 4.92. The largest absolute Gasteiger partial charge is 0.492 e. The van der Waals surface area contributed by atoms with E-state index in [2.05, 4.69) is 4.90 Å². The lowest BCUT2D eigenvalue weighted by Crippen LogP contribution is -2.49. The standard InChI is InChI=1S/C13H19FN2O2/c14-11-1-3-13(4-2-11)18-10-12(9-15)16-5-7-17-8-6-16/h1-4,12H,5-10,15H2. The van der Waals surface area contributed by atoms with Gasteiger partial charge in [0.05, 0.1) is 19.3 Å². The molecule has 0 radical (unpaired) electrons. The van der Waals surface area contributed by atoms with Gasteiger partial charge in [0.25, 0.3) is 0 Å². The summed E-state index contributed by atoms with van der Waals surface area (Å²) in [6.07, 6.45) is 0. The average Bonchev–Trinajstić information content (AvgIpc) is 2.43. The Balaban J connectivity index is 1.84. The highest BCUT2D eigenvalue weighted by molar-refractivity contribution is 5.22. The summed E-state index contributed by atoms with van der Waals surface area (Å²) in [6.45, 7) is 4.31. The van der Waals surface area contributed by atoms with Gasteiger partial charge < -0.3 is 15.2 Å². The predicted molar refractivity (Wildman–Crippen MR) is 67.1 cm³/mol. The Morgan fingerprint density at radius 2 is 1.94 bits per heavy atom. The van der Waals surface area contributed by atoms with Crippen LogP contribution in [-0.4, -0.2) is 50.4 Å². The SMILES string of the molecule is NCC(COc1ccc(F)cc1)N1CCOCC1. The number of hydrogen-bond acceptors (Lipinski definition) is 4. The van der Waals surface area contributed by atoms with Gasteiger partial charge in [-0.15, -0.1) is 0 Å². The van der Waals surface area contributed by atoms with Crippen molar-refractivity contribution in [2.24, 2.45) is 5.73 Å². The highest BCUT2D eigenvalue weighted by Crippen LogP contribution is 2.12. The van der Waals surface area contributed by atoms with Crippen molar-refractivity contribution in [1.29, 1.82) is 0 Å². The van der Waals surface area contributed by atoms with Crippen LogP contribution in [0.5, 0.6) is 5.75 Å². The zero-order chi connectivity index (χ0) is 12.8. The van der Waals surface area contributed by atoms with Gasteiger partial charge in [0.2, 0.25) is 0 Å². The molecule has 1 heterocycles. The van der Waals surface area contributed by atoms with Crippen LogP contribution >= 0.6 is 0 Å². The number of ether oxygens (including phenoxy) is 2. The Morgan fingerprint density at radius 1 is 1.28 bits per heavy atom.